The molecule has 0 bridgehead atoms. The molecule has 4 heteroatoms. The van der Waals surface area contributed by atoms with E-state index in [9.17, 15) is 0 Å². The Morgan fingerprint density at radius 1 is 1.10 bits per heavy atom. The summed E-state index contributed by atoms with van der Waals surface area (Å²) in [6.45, 7) is 2.49. The van der Waals surface area contributed by atoms with Gasteiger partial charge in [0.05, 0.1) is 6.20 Å². The minimum Gasteiger partial charge on any atom is -0.326 e. The molecule has 20 heavy (non-hydrogen) atoms. The Kier molecular flexibility index (Phi) is 3.31. The van der Waals surface area contributed by atoms with Gasteiger partial charge in [0.1, 0.15) is 0 Å². The molecule has 1 aromatic carbocycles. The minimum atomic E-state index is 0.454. The predicted molar refractivity (Wildman–Crippen MR) is 79.4 cm³/mol. The van der Waals surface area contributed by atoms with Crippen LogP contribution >= 0.6 is 0 Å². The summed E-state index contributed by atoms with van der Waals surface area (Å²) in [4.78, 5) is 4.41. The second-order valence-corrected chi connectivity index (χ2v) is 4.67. The summed E-state index contributed by atoms with van der Waals surface area (Å²) in [6, 6.07) is 12.1. The molecule has 100 valence electrons. The third-order valence-corrected chi connectivity index (χ3v) is 3.38. The van der Waals surface area contributed by atoms with Crippen LogP contribution in [0.5, 0.6) is 0 Å². The molecule has 0 saturated carbocycles. The quantitative estimate of drug-likeness (QED) is 0.791. The molecule has 3 aromatic rings. The zero-order valence-electron chi connectivity index (χ0n) is 11.3. The number of benzene rings is 1. The molecule has 2 N–H and O–H groups in total. The molecule has 0 fully saturated rings. The second-order valence-electron chi connectivity index (χ2n) is 4.67. The highest BCUT2D eigenvalue weighted by molar-refractivity contribution is 5.62. The van der Waals surface area contributed by atoms with Gasteiger partial charge in [0, 0.05) is 30.1 Å². The summed E-state index contributed by atoms with van der Waals surface area (Å²) in [7, 11) is 0. The zero-order chi connectivity index (χ0) is 13.9. The SMILES string of the molecule is Cc1ccnc(-n2cc(-c3ccccc3)cn2)c1CN. The zero-order valence-corrected chi connectivity index (χ0v) is 11.3. The first-order chi connectivity index (χ1) is 9.79. The summed E-state index contributed by atoms with van der Waals surface area (Å²) >= 11 is 0. The lowest BCUT2D eigenvalue weighted by atomic mass is 10.1. The van der Waals surface area contributed by atoms with Gasteiger partial charge in [0.25, 0.3) is 0 Å². The van der Waals surface area contributed by atoms with Crippen LogP contribution in [-0.2, 0) is 6.54 Å². The van der Waals surface area contributed by atoms with Crippen molar-refractivity contribution in [3.05, 3.63) is 66.1 Å². The summed E-state index contributed by atoms with van der Waals surface area (Å²) in [6.07, 6.45) is 5.61. The Morgan fingerprint density at radius 2 is 1.90 bits per heavy atom. The largest absolute Gasteiger partial charge is 0.326 e. The Morgan fingerprint density at radius 3 is 2.65 bits per heavy atom. The van der Waals surface area contributed by atoms with Crippen LogP contribution in [0.1, 0.15) is 11.1 Å². The highest BCUT2D eigenvalue weighted by Crippen LogP contribution is 2.21. The molecule has 0 unspecified atom stereocenters. The number of nitrogens with zero attached hydrogens (tertiary/aromatic N) is 3. The number of hydrogen-bond acceptors (Lipinski definition) is 3. The number of hydrogen-bond donors (Lipinski definition) is 1. The lowest BCUT2D eigenvalue weighted by Gasteiger charge is -2.09. The molecule has 0 spiro atoms. The van der Waals surface area contributed by atoms with Crippen LogP contribution in [0.3, 0.4) is 0 Å². The molecule has 0 atom stereocenters. The van der Waals surface area contributed by atoms with E-state index in [1.54, 1.807) is 10.9 Å². The maximum atomic E-state index is 5.83. The Labute approximate surface area is 117 Å². The lowest BCUT2D eigenvalue weighted by Crippen LogP contribution is -2.08. The molecule has 0 aliphatic rings. The monoisotopic (exact) mass is 264 g/mol. The van der Waals surface area contributed by atoms with E-state index in [-0.39, 0.29) is 0 Å². The van der Waals surface area contributed by atoms with E-state index in [0.717, 1.165) is 28.1 Å². The number of nitrogens with two attached hydrogens (primary N) is 1. The number of aromatic nitrogens is 3. The van der Waals surface area contributed by atoms with Gasteiger partial charge in [-0.2, -0.15) is 5.10 Å². The van der Waals surface area contributed by atoms with Crippen LogP contribution in [-0.4, -0.2) is 14.8 Å². The van der Waals surface area contributed by atoms with E-state index in [2.05, 4.69) is 22.2 Å². The standard InChI is InChI=1S/C16H16N4/c1-12-7-8-18-16(15(12)9-17)20-11-14(10-19-20)13-5-3-2-4-6-13/h2-8,10-11H,9,17H2,1H3. The number of aryl methyl sites for hydroxylation is 1. The molecule has 3 rings (SSSR count). The van der Waals surface area contributed by atoms with Crippen molar-refractivity contribution in [3.63, 3.8) is 0 Å². The summed E-state index contributed by atoms with van der Waals surface area (Å²) in [5.74, 6) is 0.801. The van der Waals surface area contributed by atoms with Crippen molar-refractivity contribution in [1.29, 1.82) is 0 Å². The number of rotatable bonds is 3. The van der Waals surface area contributed by atoms with E-state index in [1.165, 1.54) is 0 Å². The number of pyridine rings is 1. The van der Waals surface area contributed by atoms with Gasteiger partial charge >= 0.3 is 0 Å². The highest BCUT2D eigenvalue weighted by Gasteiger charge is 2.09. The van der Waals surface area contributed by atoms with Crippen molar-refractivity contribution in [2.45, 2.75) is 13.5 Å². The lowest BCUT2D eigenvalue weighted by molar-refractivity contribution is 0.819. The average molecular weight is 264 g/mol. The Balaban J connectivity index is 2.05. The maximum absolute atomic E-state index is 5.83. The molecule has 2 aromatic heterocycles. The fourth-order valence-electron chi connectivity index (χ4n) is 2.24. The van der Waals surface area contributed by atoms with Gasteiger partial charge in [0.15, 0.2) is 5.82 Å². The van der Waals surface area contributed by atoms with Crippen LogP contribution in [0.15, 0.2) is 55.0 Å². The average Bonchev–Trinajstić information content (AvgIpc) is 2.97. The fraction of sp³-hybridized carbons (Fsp3) is 0.125. The molecule has 0 aliphatic carbocycles. The minimum absolute atomic E-state index is 0.454. The van der Waals surface area contributed by atoms with Gasteiger partial charge in [-0.1, -0.05) is 30.3 Å². The normalized spacial score (nSPS) is 10.7. The van der Waals surface area contributed by atoms with Crippen LogP contribution in [0.2, 0.25) is 0 Å². The highest BCUT2D eigenvalue weighted by atomic mass is 15.3. The van der Waals surface area contributed by atoms with Crippen molar-refractivity contribution in [3.8, 4) is 16.9 Å². The summed E-state index contributed by atoms with van der Waals surface area (Å²) < 4.78 is 1.79. The van der Waals surface area contributed by atoms with Gasteiger partial charge in [0.2, 0.25) is 0 Å². The molecule has 0 aliphatic heterocycles. The van der Waals surface area contributed by atoms with Gasteiger partial charge in [-0.05, 0) is 24.1 Å². The van der Waals surface area contributed by atoms with Crippen molar-refractivity contribution in [1.82, 2.24) is 14.8 Å². The molecular formula is C16H16N4. The molecule has 2 heterocycles. The maximum Gasteiger partial charge on any atom is 0.158 e. The third kappa shape index (κ3) is 2.21. The van der Waals surface area contributed by atoms with E-state index in [0.29, 0.717) is 6.54 Å². The van der Waals surface area contributed by atoms with E-state index < -0.39 is 0 Å². The third-order valence-electron chi connectivity index (χ3n) is 3.38. The van der Waals surface area contributed by atoms with E-state index in [4.69, 9.17) is 5.73 Å². The van der Waals surface area contributed by atoms with Crippen LogP contribution in [0.25, 0.3) is 16.9 Å². The van der Waals surface area contributed by atoms with Crippen LogP contribution < -0.4 is 5.73 Å². The van der Waals surface area contributed by atoms with E-state index >= 15 is 0 Å². The summed E-state index contributed by atoms with van der Waals surface area (Å²) in [5.41, 5.74) is 10.2. The first-order valence-corrected chi connectivity index (χ1v) is 6.54. The van der Waals surface area contributed by atoms with Crippen molar-refractivity contribution < 1.29 is 0 Å². The molecule has 4 nitrogen and oxygen atoms in total. The van der Waals surface area contributed by atoms with Crippen molar-refractivity contribution in [2.24, 2.45) is 5.73 Å². The van der Waals surface area contributed by atoms with Crippen LogP contribution in [0, 0.1) is 6.92 Å². The van der Waals surface area contributed by atoms with Crippen molar-refractivity contribution >= 4 is 0 Å². The topological polar surface area (TPSA) is 56.7 Å². The Hall–Kier alpha value is -2.46. The fourth-order valence-corrected chi connectivity index (χ4v) is 2.24. The molecule has 0 amide bonds. The molecular weight excluding hydrogens is 248 g/mol. The van der Waals surface area contributed by atoms with Gasteiger partial charge in [-0.15, -0.1) is 0 Å². The first-order valence-electron chi connectivity index (χ1n) is 6.54. The Bertz CT molecular complexity index is 716. The van der Waals surface area contributed by atoms with Gasteiger partial charge in [-0.3, -0.25) is 0 Å². The first kappa shape index (κ1) is 12.6. The summed E-state index contributed by atoms with van der Waals surface area (Å²) in [5, 5.41) is 4.41. The van der Waals surface area contributed by atoms with Crippen molar-refractivity contribution in [2.75, 3.05) is 0 Å². The smallest absolute Gasteiger partial charge is 0.158 e. The molecule has 0 saturated heterocycles. The van der Waals surface area contributed by atoms with Gasteiger partial charge < -0.3 is 5.73 Å². The molecule has 0 radical (unpaired) electrons. The second kappa shape index (κ2) is 5.27. The van der Waals surface area contributed by atoms with E-state index in [1.807, 2.05) is 43.6 Å². The van der Waals surface area contributed by atoms with Crippen LogP contribution in [0.4, 0.5) is 0 Å². The van der Waals surface area contributed by atoms with Gasteiger partial charge in [-0.25, -0.2) is 9.67 Å². The predicted octanol–water partition coefficient (Wildman–Crippen LogP) is 2.70.